The molecule has 0 aromatic rings. The van der Waals surface area contributed by atoms with Gasteiger partial charge in [0.15, 0.2) is 12.2 Å². The lowest BCUT2D eigenvalue weighted by atomic mass is 9.99. The van der Waals surface area contributed by atoms with Gasteiger partial charge in [0.2, 0.25) is 0 Å². The fraction of sp³-hybridized carbons (Fsp3) is 0.950. The van der Waals surface area contributed by atoms with Crippen LogP contribution in [-0.4, -0.2) is 96.7 Å². The minimum atomic E-state index is -4.96. The topological polar surface area (TPSA) is 237 Å². The van der Waals surface area contributed by atoms with Crippen LogP contribution in [0.25, 0.3) is 0 Å². The Labute approximate surface area is 607 Å². The van der Waals surface area contributed by atoms with Crippen molar-refractivity contribution in [2.75, 3.05) is 39.6 Å². The van der Waals surface area contributed by atoms with Crippen molar-refractivity contribution in [3.05, 3.63) is 0 Å². The maximum atomic E-state index is 13.1. The van der Waals surface area contributed by atoms with Crippen LogP contribution in [0.2, 0.25) is 0 Å². The molecule has 0 aromatic carbocycles. The van der Waals surface area contributed by atoms with Gasteiger partial charge in [-0.3, -0.25) is 37.3 Å². The largest absolute Gasteiger partial charge is 0.472 e. The average molecular weight is 1450 g/mol. The normalized spacial score (nSPS) is 14.2. The summed E-state index contributed by atoms with van der Waals surface area (Å²) in [7, 11) is -9.91. The van der Waals surface area contributed by atoms with Crippen LogP contribution in [0.1, 0.15) is 420 Å². The highest BCUT2D eigenvalue weighted by atomic mass is 31.2. The van der Waals surface area contributed by atoms with E-state index in [-0.39, 0.29) is 25.7 Å². The zero-order valence-electron chi connectivity index (χ0n) is 64.8. The van der Waals surface area contributed by atoms with Crippen LogP contribution >= 0.6 is 15.6 Å². The highest BCUT2D eigenvalue weighted by Gasteiger charge is 2.30. The fourth-order valence-electron chi connectivity index (χ4n) is 12.3. The molecule has 0 saturated carbocycles. The molecule has 99 heavy (non-hydrogen) atoms. The number of esters is 4. The van der Waals surface area contributed by atoms with Crippen LogP contribution in [0.15, 0.2) is 0 Å². The lowest BCUT2D eigenvalue weighted by Gasteiger charge is -2.21. The van der Waals surface area contributed by atoms with Gasteiger partial charge < -0.3 is 33.8 Å². The predicted octanol–water partition coefficient (Wildman–Crippen LogP) is 23.9. The van der Waals surface area contributed by atoms with Crippen LogP contribution in [-0.2, 0) is 65.4 Å². The standard InChI is InChI=1S/C80H156O17P2/c1-7-10-12-14-16-18-19-20-21-22-26-29-32-35-38-45-51-57-63-78(83)91-69-76(96-79(84)64-58-52-46-39-36-33-30-27-24-23-25-28-31-34-37-42-48-54-60-72(4)5)71-95-99(88,89)93-67-74(81)66-92-98(86,87)94-70-75(68-90-77(82)62-56-50-44-17-15-13-11-8-2)97-80(85)65-59-53-47-41-40-43-49-55-61-73(6)9-3/h72-76,81H,7-71H2,1-6H3,(H,86,87)(H,88,89)/t73?,74-,75+,76+/m0/s1. The number of aliphatic hydroxyl groups excluding tert-OH is 1. The maximum absolute atomic E-state index is 13.1. The third-order valence-corrected chi connectivity index (χ3v) is 21.0. The lowest BCUT2D eigenvalue weighted by molar-refractivity contribution is -0.161. The third kappa shape index (κ3) is 72.8. The second kappa shape index (κ2) is 71.7. The van der Waals surface area contributed by atoms with E-state index < -0.39 is 97.5 Å². The summed E-state index contributed by atoms with van der Waals surface area (Å²) in [6.07, 6.45) is 61.2. The fourth-order valence-corrected chi connectivity index (χ4v) is 13.9. The minimum Gasteiger partial charge on any atom is -0.462 e. The van der Waals surface area contributed by atoms with Crippen molar-refractivity contribution in [2.24, 2.45) is 11.8 Å². The number of hydrogen-bond donors (Lipinski definition) is 3. The minimum absolute atomic E-state index is 0.105. The first-order valence-electron chi connectivity index (χ1n) is 41.5. The molecule has 0 aliphatic heterocycles. The Bertz CT molecular complexity index is 1910. The van der Waals surface area contributed by atoms with Gasteiger partial charge in [0.1, 0.15) is 19.3 Å². The molecule has 19 heteroatoms. The van der Waals surface area contributed by atoms with Gasteiger partial charge in [-0.05, 0) is 37.5 Å². The lowest BCUT2D eigenvalue weighted by Crippen LogP contribution is -2.30. The van der Waals surface area contributed by atoms with Gasteiger partial charge in [-0.2, -0.15) is 0 Å². The van der Waals surface area contributed by atoms with Gasteiger partial charge in [-0.15, -0.1) is 0 Å². The Balaban J connectivity index is 5.19. The Morgan fingerprint density at radius 1 is 0.293 bits per heavy atom. The molecule has 0 aromatic heterocycles. The van der Waals surface area contributed by atoms with Crippen molar-refractivity contribution in [2.45, 2.75) is 439 Å². The van der Waals surface area contributed by atoms with E-state index in [0.29, 0.717) is 25.7 Å². The van der Waals surface area contributed by atoms with Crippen molar-refractivity contribution < 1.29 is 80.2 Å². The zero-order chi connectivity index (χ0) is 72.8. The summed E-state index contributed by atoms with van der Waals surface area (Å²) < 4.78 is 68.6. The van der Waals surface area contributed by atoms with E-state index in [0.717, 1.165) is 108 Å². The summed E-state index contributed by atoms with van der Waals surface area (Å²) >= 11 is 0. The molecule has 0 rings (SSSR count). The maximum Gasteiger partial charge on any atom is 0.472 e. The molecular weight excluding hydrogens is 1290 g/mol. The predicted molar refractivity (Wildman–Crippen MR) is 405 cm³/mol. The number of carbonyl (C=O) groups is 4. The van der Waals surface area contributed by atoms with Crippen LogP contribution in [0.3, 0.4) is 0 Å². The number of ether oxygens (including phenoxy) is 4. The number of phosphoric acid groups is 2. The number of rotatable bonds is 79. The SMILES string of the molecule is CCCCCCCCCCCCCCCCCCCCC(=O)OC[C@H](COP(=O)(O)OC[C@@H](O)COP(=O)(O)OC[C@@H](COC(=O)CCCCCCCCCC)OC(=O)CCCCCCCCCCC(C)CC)OC(=O)CCCCCCCCCCCCCCCCCCCCC(C)C. The summed E-state index contributed by atoms with van der Waals surface area (Å²) in [5, 5.41) is 10.6. The quantitative estimate of drug-likeness (QED) is 0.0222. The second-order valence-corrected chi connectivity index (χ2v) is 32.4. The molecule has 3 N–H and O–H groups in total. The van der Waals surface area contributed by atoms with Crippen LogP contribution < -0.4 is 0 Å². The molecule has 17 nitrogen and oxygen atoms in total. The van der Waals surface area contributed by atoms with Crippen molar-refractivity contribution in [1.29, 1.82) is 0 Å². The zero-order valence-corrected chi connectivity index (χ0v) is 66.6. The van der Waals surface area contributed by atoms with Gasteiger partial charge in [-0.25, -0.2) is 9.13 Å². The first kappa shape index (κ1) is 97.1. The van der Waals surface area contributed by atoms with E-state index in [2.05, 4.69) is 41.5 Å². The smallest absolute Gasteiger partial charge is 0.462 e. The Hall–Kier alpha value is -1.94. The second-order valence-electron chi connectivity index (χ2n) is 29.5. The Morgan fingerprint density at radius 2 is 0.515 bits per heavy atom. The number of hydrogen-bond acceptors (Lipinski definition) is 15. The summed E-state index contributed by atoms with van der Waals surface area (Å²) in [4.78, 5) is 72.9. The van der Waals surface area contributed by atoms with E-state index in [1.54, 1.807) is 0 Å². The van der Waals surface area contributed by atoms with Crippen LogP contribution in [0.4, 0.5) is 0 Å². The summed E-state index contributed by atoms with van der Waals surface area (Å²) in [5.41, 5.74) is 0. The molecule has 0 spiro atoms. The number of unbranched alkanes of at least 4 members (excludes halogenated alkanes) is 48. The molecule has 0 radical (unpaired) electrons. The first-order chi connectivity index (χ1) is 47.9. The summed E-state index contributed by atoms with van der Waals surface area (Å²) in [6.45, 7) is 9.63. The highest BCUT2D eigenvalue weighted by Crippen LogP contribution is 2.45. The number of carbonyl (C=O) groups excluding carboxylic acids is 4. The third-order valence-electron chi connectivity index (χ3n) is 19.1. The van der Waals surface area contributed by atoms with Gasteiger partial charge in [0.05, 0.1) is 26.4 Å². The average Bonchev–Trinajstić information content (AvgIpc) is 0.983. The first-order valence-corrected chi connectivity index (χ1v) is 44.5. The Kier molecular flexibility index (Phi) is 70.3. The highest BCUT2D eigenvalue weighted by molar-refractivity contribution is 7.47. The van der Waals surface area contributed by atoms with Crippen molar-refractivity contribution in [3.8, 4) is 0 Å². The van der Waals surface area contributed by atoms with E-state index in [1.807, 2.05) is 0 Å². The molecule has 0 amide bonds. The van der Waals surface area contributed by atoms with Crippen LogP contribution in [0.5, 0.6) is 0 Å². The van der Waals surface area contributed by atoms with Crippen LogP contribution in [0, 0.1) is 11.8 Å². The molecule has 0 aliphatic carbocycles. The van der Waals surface area contributed by atoms with Gasteiger partial charge in [0, 0.05) is 25.7 Å². The molecule has 3 unspecified atom stereocenters. The van der Waals surface area contributed by atoms with Gasteiger partial charge >= 0.3 is 39.5 Å². The molecule has 6 atom stereocenters. The van der Waals surface area contributed by atoms with E-state index in [1.165, 1.54) is 231 Å². The van der Waals surface area contributed by atoms with Crippen molar-refractivity contribution >= 4 is 39.5 Å². The van der Waals surface area contributed by atoms with Gasteiger partial charge in [0.25, 0.3) is 0 Å². The number of aliphatic hydroxyl groups is 1. The summed E-state index contributed by atoms with van der Waals surface area (Å²) in [5.74, 6) is -0.524. The van der Waals surface area contributed by atoms with Crippen molar-refractivity contribution in [1.82, 2.24) is 0 Å². The molecule has 0 saturated heterocycles. The molecule has 588 valence electrons. The molecular formula is C80H156O17P2. The molecule has 0 bridgehead atoms. The van der Waals surface area contributed by atoms with E-state index >= 15 is 0 Å². The van der Waals surface area contributed by atoms with E-state index in [4.69, 9.17) is 37.0 Å². The van der Waals surface area contributed by atoms with Crippen molar-refractivity contribution in [3.63, 3.8) is 0 Å². The summed E-state index contributed by atoms with van der Waals surface area (Å²) in [6, 6.07) is 0. The monoisotopic (exact) mass is 1450 g/mol. The molecule has 0 heterocycles. The van der Waals surface area contributed by atoms with Gasteiger partial charge in [-0.1, -0.05) is 369 Å². The Morgan fingerprint density at radius 3 is 0.768 bits per heavy atom. The molecule has 0 aliphatic rings. The van der Waals surface area contributed by atoms with E-state index in [9.17, 15) is 43.2 Å². The molecule has 0 fully saturated rings. The number of phosphoric ester groups is 2.